The molecule has 1 aliphatic carbocycles. The Morgan fingerprint density at radius 2 is 2.23 bits per heavy atom. The highest BCUT2D eigenvalue weighted by Gasteiger charge is 2.25. The Morgan fingerprint density at radius 3 is 3.00 bits per heavy atom. The third-order valence-corrected chi connectivity index (χ3v) is 2.28. The summed E-state index contributed by atoms with van der Waals surface area (Å²) in [6.07, 6.45) is 6.14. The molecule has 1 atom stereocenters. The van der Waals surface area contributed by atoms with Crippen molar-refractivity contribution in [3.05, 3.63) is 34.9 Å². The Morgan fingerprint density at radius 1 is 1.46 bits per heavy atom. The van der Waals surface area contributed by atoms with Crippen molar-refractivity contribution >= 4 is 5.97 Å². The monoisotopic (exact) mass is 176 g/mol. The van der Waals surface area contributed by atoms with Crippen molar-refractivity contribution in [2.75, 3.05) is 6.61 Å². The van der Waals surface area contributed by atoms with E-state index in [1.807, 2.05) is 19.1 Å². The van der Waals surface area contributed by atoms with Crippen LogP contribution in [0.1, 0.15) is 13.8 Å². The molecule has 0 bridgehead atoms. The number of allylic oxidation sites excluding steroid dienone is 4. The second-order valence-corrected chi connectivity index (χ2v) is 3.60. The van der Waals surface area contributed by atoms with Gasteiger partial charge in [0.25, 0.3) is 0 Å². The van der Waals surface area contributed by atoms with E-state index >= 15 is 0 Å². The number of carbonyl (C=O) groups excluding carboxylic acids is 1. The van der Waals surface area contributed by atoms with Gasteiger partial charge in [0.05, 0.1) is 5.57 Å². The summed E-state index contributed by atoms with van der Waals surface area (Å²) in [4.78, 5) is 11.3. The number of carbonyl (C=O) groups is 1. The van der Waals surface area contributed by atoms with Crippen LogP contribution in [0.25, 0.3) is 0 Å². The molecule has 0 saturated carbocycles. The summed E-state index contributed by atoms with van der Waals surface area (Å²) in [5, 5.41) is 0. The van der Waals surface area contributed by atoms with E-state index < -0.39 is 0 Å². The first kappa shape index (κ1) is 8.30. The Balaban J connectivity index is 2.46. The van der Waals surface area contributed by atoms with Crippen LogP contribution in [0, 0.1) is 5.92 Å². The summed E-state index contributed by atoms with van der Waals surface area (Å²) in [6, 6.07) is 0. The van der Waals surface area contributed by atoms with E-state index in [0.29, 0.717) is 12.5 Å². The number of hydrogen-bond donors (Lipinski definition) is 0. The molecule has 68 valence electrons. The van der Waals surface area contributed by atoms with E-state index in [4.69, 9.17) is 4.74 Å². The number of esters is 1. The van der Waals surface area contributed by atoms with Gasteiger partial charge in [-0.05, 0) is 12.8 Å². The molecule has 13 heavy (non-hydrogen) atoms. The molecule has 0 amide bonds. The van der Waals surface area contributed by atoms with Crippen LogP contribution in [0.2, 0.25) is 0 Å². The number of rotatable bonds is 0. The average molecular weight is 176 g/mol. The minimum absolute atomic E-state index is 0.179. The SMILES string of the molecule is CC1=CC(C)C=C2C(=O)OCC2=C1. The molecule has 1 aliphatic heterocycles. The zero-order valence-electron chi connectivity index (χ0n) is 7.83. The third-order valence-electron chi connectivity index (χ3n) is 2.28. The van der Waals surface area contributed by atoms with Gasteiger partial charge in [-0.3, -0.25) is 0 Å². The van der Waals surface area contributed by atoms with Crippen molar-refractivity contribution in [3.63, 3.8) is 0 Å². The van der Waals surface area contributed by atoms with Gasteiger partial charge < -0.3 is 4.74 Å². The Bertz CT molecular complexity index is 345. The van der Waals surface area contributed by atoms with Crippen molar-refractivity contribution in [1.82, 2.24) is 0 Å². The topological polar surface area (TPSA) is 26.3 Å². The molecule has 1 heterocycles. The summed E-state index contributed by atoms with van der Waals surface area (Å²) in [6.45, 7) is 4.55. The summed E-state index contributed by atoms with van der Waals surface area (Å²) in [5.74, 6) is 0.135. The molecule has 0 aromatic rings. The Labute approximate surface area is 77.6 Å². The lowest BCUT2D eigenvalue weighted by atomic mass is 10.1. The highest BCUT2D eigenvalue weighted by Crippen LogP contribution is 2.26. The Hall–Kier alpha value is -1.31. The highest BCUT2D eigenvalue weighted by atomic mass is 16.5. The molecule has 1 saturated heterocycles. The highest BCUT2D eigenvalue weighted by molar-refractivity contribution is 5.96. The third kappa shape index (κ3) is 1.44. The van der Waals surface area contributed by atoms with Gasteiger partial charge >= 0.3 is 5.97 Å². The van der Waals surface area contributed by atoms with Crippen LogP contribution in [0.3, 0.4) is 0 Å². The van der Waals surface area contributed by atoms with Crippen LogP contribution in [0.15, 0.2) is 34.9 Å². The fraction of sp³-hybridized carbons (Fsp3) is 0.364. The lowest BCUT2D eigenvalue weighted by molar-refractivity contribution is -0.135. The quantitative estimate of drug-likeness (QED) is 0.527. The van der Waals surface area contributed by atoms with Gasteiger partial charge in [-0.1, -0.05) is 30.7 Å². The molecule has 1 unspecified atom stereocenters. The molecule has 0 N–H and O–H groups in total. The van der Waals surface area contributed by atoms with Crippen LogP contribution in [0.4, 0.5) is 0 Å². The maximum atomic E-state index is 11.3. The second kappa shape index (κ2) is 2.87. The van der Waals surface area contributed by atoms with Gasteiger partial charge in [0, 0.05) is 5.57 Å². The van der Waals surface area contributed by atoms with Gasteiger partial charge in [-0.15, -0.1) is 0 Å². The van der Waals surface area contributed by atoms with Crippen LogP contribution in [-0.2, 0) is 9.53 Å². The molecular formula is C11H12O2. The minimum atomic E-state index is -0.179. The van der Waals surface area contributed by atoms with Crippen molar-refractivity contribution in [2.45, 2.75) is 13.8 Å². The van der Waals surface area contributed by atoms with Gasteiger partial charge in [-0.25, -0.2) is 4.79 Å². The number of ether oxygens (including phenoxy) is 1. The predicted octanol–water partition coefficient (Wildman–Crippen LogP) is 1.99. The number of hydrogen-bond acceptors (Lipinski definition) is 2. The fourth-order valence-electron chi connectivity index (χ4n) is 1.77. The summed E-state index contributed by atoms with van der Waals surface area (Å²) >= 11 is 0. The molecule has 2 aliphatic rings. The van der Waals surface area contributed by atoms with Crippen LogP contribution >= 0.6 is 0 Å². The molecule has 0 aromatic carbocycles. The van der Waals surface area contributed by atoms with Gasteiger partial charge in [0.1, 0.15) is 6.61 Å². The average Bonchev–Trinajstić information content (AvgIpc) is 2.32. The van der Waals surface area contributed by atoms with E-state index in [-0.39, 0.29) is 5.97 Å². The fourth-order valence-corrected chi connectivity index (χ4v) is 1.77. The van der Waals surface area contributed by atoms with E-state index in [2.05, 4.69) is 13.0 Å². The first-order valence-electron chi connectivity index (χ1n) is 4.45. The van der Waals surface area contributed by atoms with Crippen molar-refractivity contribution in [2.24, 2.45) is 5.92 Å². The first-order chi connectivity index (χ1) is 6.16. The van der Waals surface area contributed by atoms with Gasteiger partial charge in [-0.2, -0.15) is 0 Å². The van der Waals surface area contributed by atoms with Crippen LogP contribution in [0.5, 0.6) is 0 Å². The first-order valence-corrected chi connectivity index (χ1v) is 4.45. The van der Waals surface area contributed by atoms with E-state index in [0.717, 1.165) is 11.1 Å². The molecule has 2 heteroatoms. The molecule has 2 rings (SSSR count). The minimum Gasteiger partial charge on any atom is -0.457 e. The van der Waals surface area contributed by atoms with Crippen molar-refractivity contribution < 1.29 is 9.53 Å². The van der Waals surface area contributed by atoms with Gasteiger partial charge in [0.2, 0.25) is 0 Å². The zero-order chi connectivity index (χ0) is 9.42. The van der Waals surface area contributed by atoms with Crippen molar-refractivity contribution in [1.29, 1.82) is 0 Å². The summed E-state index contributed by atoms with van der Waals surface area (Å²) in [5.41, 5.74) is 2.97. The molecule has 0 aromatic heterocycles. The van der Waals surface area contributed by atoms with Crippen LogP contribution < -0.4 is 0 Å². The lowest BCUT2D eigenvalue weighted by Crippen LogP contribution is -1.96. The van der Waals surface area contributed by atoms with E-state index in [1.165, 1.54) is 5.57 Å². The standard InChI is InChI=1S/C11H12O2/c1-7-3-8(2)5-10-9(4-7)6-13-11(10)12/h3-5,8H,6H2,1-2H3. The lowest BCUT2D eigenvalue weighted by Gasteiger charge is -1.97. The van der Waals surface area contributed by atoms with Gasteiger partial charge in [0.15, 0.2) is 0 Å². The predicted molar refractivity (Wildman–Crippen MR) is 50.0 cm³/mol. The smallest absolute Gasteiger partial charge is 0.338 e. The molecule has 2 nitrogen and oxygen atoms in total. The largest absolute Gasteiger partial charge is 0.457 e. The summed E-state index contributed by atoms with van der Waals surface area (Å²) in [7, 11) is 0. The van der Waals surface area contributed by atoms with E-state index in [1.54, 1.807) is 0 Å². The maximum absolute atomic E-state index is 11.3. The second-order valence-electron chi connectivity index (χ2n) is 3.60. The molecule has 0 radical (unpaired) electrons. The molecule has 0 spiro atoms. The molecular weight excluding hydrogens is 164 g/mol. The Kier molecular flexibility index (Phi) is 1.83. The number of fused-ring (bicyclic) bond motifs is 1. The maximum Gasteiger partial charge on any atom is 0.338 e. The zero-order valence-corrected chi connectivity index (χ0v) is 7.83. The van der Waals surface area contributed by atoms with E-state index in [9.17, 15) is 4.79 Å². The number of cyclic esters (lactones) is 1. The molecule has 1 fully saturated rings. The normalized spacial score (nSPS) is 26.8. The summed E-state index contributed by atoms with van der Waals surface area (Å²) < 4.78 is 4.95. The van der Waals surface area contributed by atoms with Crippen molar-refractivity contribution in [3.8, 4) is 0 Å². The van der Waals surface area contributed by atoms with Crippen LogP contribution in [-0.4, -0.2) is 12.6 Å².